The van der Waals surface area contributed by atoms with E-state index in [1.807, 2.05) is 0 Å². The Morgan fingerprint density at radius 2 is 2.08 bits per heavy atom. The van der Waals surface area contributed by atoms with Gasteiger partial charge in [-0.05, 0) is 42.3 Å². The predicted octanol–water partition coefficient (Wildman–Crippen LogP) is 2.19. The van der Waals surface area contributed by atoms with Crippen molar-refractivity contribution in [2.24, 2.45) is 0 Å². The molecule has 0 bridgehead atoms. The largest absolute Gasteiger partial charge is 0.298 e. The highest BCUT2D eigenvalue weighted by atomic mass is 35.5. The Bertz CT molecular complexity index is 331. The lowest BCUT2D eigenvalue weighted by Gasteiger charge is -1.97. The molecule has 0 aliphatic carbocycles. The number of carbonyl (C=O) groups excluding carboxylic acids is 2. The fourth-order valence-corrected chi connectivity index (χ4v) is 1.10. The summed E-state index contributed by atoms with van der Waals surface area (Å²) >= 11 is 5.25. The highest BCUT2D eigenvalue weighted by molar-refractivity contribution is 6.67. The van der Waals surface area contributed by atoms with E-state index in [2.05, 4.69) is 0 Å². The van der Waals surface area contributed by atoms with Gasteiger partial charge in [0, 0.05) is 11.1 Å². The summed E-state index contributed by atoms with van der Waals surface area (Å²) in [4.78, 5) is 21.1. The lowest BCUT2D eigenvalue weighted by atomic mass is 10.1. The third-order valence-corrected chi connectivity index (χ3v) is 1.68. The molecule has 0 aliphatic rings. The molecule has 62 valence electrons. The van der Waals surface area contributed by atoms with Crippen LogP contribution in [0, 0.1) is 6.92 Å². The van der Waals surface area contributed by atoms with Crippen molar-refractivity contribution in [3.63, 3.8) is 0 Å². The van der Waals surface area contributed by atoms with Gasteiger partial charge in [0.2, 0.25) is 0 Å². The second kappa shape index (κ2) is 3.50. The van der Waals surface area contributed by atoms with Gasteiger partial charge in [0.25, 0.3) is 5.24 Å². The molecule has 0 fully saturated rings. The highest BCUT2D eigenvalue weighted by Gasteiger charge is 2.03. The molecule has 0 N–H and O–H groups in total. The minimum atomic E-state index is -0.540. The minimum absolute atomic E-state index is 0.360. The molecule has 3 heteroatoms. The van der Waals surface area contributed by atoms with Crippen LogP contribution < -0.4 is 0 Å². The molecule has 0 spiro atoms. The van der Waals surface area contributed by atoms with Crippen LogP contribution in [0.5, 0.6) is 0 Å². The first-order chi connectivity index (χ1) is 5.63. The molecule has 0 amide bonds. The molecule has 1 rings (SSSR count). The van der Waals surface area contributed by atoms with Gasteiger partial charge >= 0.3 is 0 Å². The van der Waals surface area contributed by atoms with Crippen molar-refractivity contribution in [2.45, 2.75) is 6.92 Å². The maximum absolute atomic E-state index is 10.7. The standard InChI is InChI=1S/C9H7ClO2/c1-6-2-7(5-11)4-8(3-6)9(10)12/h2-5H,1H3. The zero-order valence-corrected chi connectivity index (χ0v) is 7.26. The summed E-state index contributed by atoms with van der Waals surface area (Å²) in [5.41, 5.74) is 1.68. The summed E-state index contributed by atoms with van der Waals surface area (Å²) in [7, 11) is 0. The van der Waals surface area contributed by atoms with E-state index in [1.54, 1.807) is 19.1 Å². The van der Waals surface area contributed by atoms with Crippen molar-refractivity contribution in [3.8, 4) is 0 Å². The lowest BCUT2D eigenvalue weighted by Crippen LogP contribution is -1.92. The minimum Gasteiger partial charge on any atom is -0.298 e. The van der Waals surface area contributed by atoms with E-state index in [0.29, 0.717) is 17.4 Å². The summed E-state index contributed by atoms with van der Waals surface area (Å²) < 4.78 is 0. The Hall–Kier alpha value is -1.15. The topological polar surface area (TPSA) is 34.1 Å². The number of aldehydes is 1. The predicted molar refractivity (Wildman–Crippen MR) is 46.8 cm³/mol. The summed E-state index contributed by atoms with van der Waals surface area (Å²) in [6.07, 6.45) is 0.691. The van der Waals surface area contributed by atoms with Gasteiger partial charge in [-0.2, -0.15) is 0 Å². The summed E-state index contributed by atoms with van der Waals surface area (Å²) in [5, 5.41) is -0.540. The van der Waals surface area contributed by atoms with Gasteiger partial charge in [-0.3, -0.25) is 9.59 Å². The number of carbonyl (C=O) groups is 2. The first-order valence-corrected chi connectivity index (χ1v) is 3.78. The summed E-state index contributed by atoms with van der Waals surface area (Å²) in [6.45, 7) is 1.80. The van der Waals surface area contributed by atoms with E-state index in [0.717, 1.165) is 5.56 Å². The third kappa shape index (κ3) is 1.92. The average molecular weight is 183 g/mol. The molecule has 1 aromatic rings. The van der Waals surface area contributed by atoms with E-state index in [9.17, 15) is 9.59 Å². The lowest BCUT2D eigenvalue weighted by molar-refractivity contribution is 0.108. The van der Waals surface area contributed by atoms with Crippen molar-refractivity contribution < 1.29 is 9.59 Å². The SMILES string of the molecule is Cc1cc(C=O)cc(C(=O)Cl)c1. The van der Waals surface area contributed by atoms with Crippen LogP contribution >= 0.6 is 11.6 Å². The zero-order valence-electron chi connectivity index (χ0n) is 6.50. The van der Waals surface area contributed by atoms with Crippen molar-refractivity contribution >= 4 is 23.1 Å². The van der Waals surface area contributed by atoms with Gasteiger partial charge < -0.3 is 0 Å². The van der Waals surface area contributed by atoms with E-state index in [-0.39, 0.29) is 0 Å². The maximum atomic E-state index is 10.7. The van der Waals surface area contributed by atoms with E-state index < -0.39 is 5.24 Å². The molecule has 0 saturated carbocycles. The first-order valence-electron chi connectivity index (χ1n) is 3.40. The van der Waals surface area contributed by atoms with Gasteiger partial charge in [-0.1, -0.05) is 0 Å². The van der Waals surface area contributed by atoms with Crippen LogP contribution in [0.2, 0.25) is 0 Å². The molecule has 0 atom stereocenters. The molecule has 0 aromatic heterocycles. The van der Waals surface area contributed by atoms with E-state index in [4.69, 9.17) is 11.6 Å². The fraction of sp³-hybridized carbons (Fsp3) is 0.111. The number of aryl methyl sites for hydroxylation is 1. The van der Waals surface area contributed by atoms with Crippen LogP contribution in [0.4, 0.5) is 0 Å². The highest BCUT2D eigenvalue weighted by Crippen LogP contribution is 2.10. The van der Waals surface area contributed by atoms with Crippen molar-refractivity contribution in [3.05, 3.63) is 34.9 Å². The van der Waals surface area contributed by atoms with Crippen LogP contribution in [0.1, 0.15) is 26.3 Å². The molecule has 0 radical (unpaired) electrons. The van der Waals surface area contributed by atoms with Crippen molar-refractivity contribution in [2.75, 3.05) is 0 Å². The van der Waals surface area contributed by atoms with Gasteiger partial charge in [0.1, 0.15) is 6.29 Å². The van der Waals surface area contributed by atoms with Crippen LogP contribution in [-0.2, 0) is 0 Å². The Labute approximate surface area is 75.2 Å². The second-order valence-electron chi connectivity index (χ2n) is 2.52. The average Bonchev–Trinajstić information content (AvgIpc) is 2.03. The Morgan fingerprint density at radius 1 is 1.42 bits per heavy atom. The zero-order chi connectivity index (χ0) is 9.14. The molecule has 0 unspecified atom stereocenters. The second-order valence-corrected chi connectivity index (χ2v) is 2.87. The maximum Gasteiger partial charge on any atom is 0.252 e. The van der Waals surface area contributed by atoms with Gasteiger partial charge in [-0.15, -0.1) is 0 Å². The molecular formula is C9H7ClO2. The Balaban J connectivity index is 3.23. The smallest absolute Gasteiger partial charge is 0.252 e. The van der Waals surface area contributed by atoms with E-state index >= 15 is 0 Å². The number of hydrogen-bond acceptors (Lipinski definition) is 2. The van der Waals surface area contributed by atoms with Crippen LogP contribution in [0.25, 0.3) is 0 Å². The summed E-state index contributed by atoms with van der Waals surface area (Å²) in [6, 6.07) is 4.80. The Kier molecular flexibility index (Phi) is 2.61. The normalized spacial score (nSPS) is 9.50. The van der Waals surface area contributed by atoms with Gasteiger partial charge in [-0.25, -0.2) is 0 Å². The van der Waals surface area contributed by atoms with Crippen LogP contribution in [-0.4, -0.2) is 11.5 Å². The first kappa shape index (κ1) is 8.94. The molecule has 1 aromatic carbocycles. The van der Waals surface area contributed by atoms with Crippen LogP contribution in [0.15, 0.2) is 18.2 Å². The number of halogens is 1. The number of benzene rings is 1. The molecule has 0 saturated heterocycles. The molecule has 2 nitrogen and oxygen atoms in total. The Morgan fingerprint density at radius 3 is 2.58 bits per heavy atom. The van der Waals surface area contributed by atoms with Gasteiger partial charge in [0.15, 0.2) is 0 Å². The summed E-state index contributed by atoms with van der Waals surface area (Å²) in [5.74, 6) is 0. The van der Waals surface area contributed by atoms with Crippen LogP contribution in [0.3, 0.4) is 0 Å². The molecule has 0 aliphatic heterocycles. The monoisotopic (exact) mass is 182 g/mol. The number of hydrogen-bond donors (Lipinski definition) is 0. The molecular weight excluding hydrogens is 176 g/mol. The van der Waals surface area contributed by atoms with Crippen molar-refractivity contribution in [1.29, 1.82) is 0 Å². The third-order valence-electron chi connectivity index (χ3n) is 1.46. The fourth-order valence-electron chi connectivity index (χ4n) is 0.994. The van der Waals surface area contributed by atoms with Gasteiger partial charge in [0.05, 0.1) is 0 Å². The van der Waals surface area contributed by atoms with Crippen molar-refractivity contribution in [1.82, 2.24) is 0 Å². The molecule has 0 heterocycles. The van der Waals surface area contributed by atoms with E-state index in [1.165, 1.54) is 6.07 Å². The molecule has 12 heavy (non-hydrogen) atoms. The number of rotatable bonds is 2. The quantitative estimate of drug-likeness (QED) is 0.519.